The van der Waals surface area contributed by atoms with Crippen molar-refractivity contribution < 1.29 is 14.4 Å². The normalized spacial score (nSPS) is 14.2. The van der Waals surface area contributed by atoms with Crippen LogP contribution >= 0.6 is 0 Å². The van der Waals surface area contributed by atoms with E-state index in [0.717, 1.165) is 5.69 Å². The first-order valence-electron chi connectivity index (χ1n) is 8.47. The molecule has 25 heavy (non-hydrogen) atoms. The molecular formula is C18H26N4O3. The number of anilines is 1. The number of carbonyl (C=O) groups excluding carboxylic acids is 3. The van der Waals surface area contributed by atoms with Gasteiger partial charge in [-0.15, -0.1) is 0 Å². The number of rotatable bonds is 5. The topological polar surface area (TPSA) is 81.8 Å². The largest absolute Gasteiger partial charge is 0.350 e. The number of urea groups is 1. The Morgan fingerprint density at radius 3 is 2.36 bits per heavy atom. The van der Waals surface area contributed by atoms with Gasteiger partial charge < -0.3 is 15.5 Å². The van der Waals surface area contributed by atoms with E-state index >= 15 is 0 Å². The van der Waals surface area contributed by atoms with Crippen LogP contribution in [0.1, 0.15) is 38.1 Å². The molecule has 2 rings (SSSR count). The second-order valence-electron chi connectivity index (χ2n) is 7.05. The molecule has 7 heteroatoms. The Balaban J connectivity index is 2.04. The fourth-order valence-electron chi connectivity index (χ4n) is 2.64. The van der Waals surface area contributed by atoms with Crippen molar-refractivity contribution in [3.05, 3.63) is 29.8 Å². The smallest absolute Gasteiger partial charge is 0.321 e. The molecular weight excluding hydrogens is 320 g/mol. The third kappa shape index (κ3) is 4.95. The van der Waals surface area contributed by atoms with Crippen molar-refractivity contribution in [2.45, 2.75) is 33.2 Å². The summed E-state index contributed by atoms with van der Waals surface area (Å²) in [5.41, 5.74) is 0.908. The second kappa shape index (κ2) is 7.55. The van der Waals surface area contributed by atoms with E-state index in [1.165, 1.54) is 4.90 Å². The third-order valence-corrected chi connectivity index (χ3v) is 3.80. The maximum Gasteiger partial charge on any atom is 0.321 e. The molecule has 136 valence electrons. The van der Waals surface area contributed by atoms with Crippen molar-refractivity contribution >= 4 is 23.5 Å². The van der Waals surface area contributed by atoms with Gasteiger partial charge in [-0.25, -0.2) is 4.79 Å². The number of nitrogens with zero attached hydrogens (tertiary/aromatic N) is 2. The van der Waals surface area contributed by atoms with E-state index in [0.29, 0.717) is 25.2 Å². The van der Waals surface area contributed by atoms with E-state index in [-0.39, 0.29) is 29.9 Å². The van der Waals surface area contributed by atoms with Crippen molar-refractivity contribution in [3.63, 3.8) is 0 Å². The molecule has 0 spiro atoms. The van der Waals surface area contributed by atoms with Gasteiger partial charge in [-0.3, -0.25) is 14.5 Å². The fraction of sp³-hybridized carbons (Fsp3) is 0.500. The van der Waals surface area contributed by atoms with Crippen molar-refractivity contribution in [1.29, 1.82) is 0 Å². The Labute approximate surface area is 148 Å². The van der Waals surface area contributed by atoms with E-state index in [9.17, 15) is 14.4 Å². The van der Waals surface area contributed by atoms with Gasteiger partial charge >= 0.3 is 6.03 Å². The number of hydrogen-bond acceptors (Lipinski definition) is 3. The highest BCUT2D eigenvalue weighted by Gasteiger charge is 2.23. The zero-order valence-electron chi connectivity index (χ0n) is 15.3. The summed E-state index contributed by atoms with van der Waals surface area (Å²) >= 11 is 0. The lowest BCUT2D eigenvalue weighted by Gasteiger charge is -2.25. The number of hydrogen-bond donors (Lipinski definition) is 2. The molecule has 4 amide bonds. The predicted molar refractivity (Wildman–Crippen MR) is 96.7 cm³/mol. The first-order chi connectivity index (χ1) is 11.7. The highest BCUT2D eigenvalue weighted by Crippen LogP contribution is 2.18. The monoisotopic (exact) mass is 346 g/mol. The van der Waals surface area contributed by atoms with Gasteiger partial charge in [-0.1, -0.05) is 0 Å². The van der Waals surface area contributed by atoms with Crippen LogP contribution in [0.4, 0.5) is 10.5 Å². The van der Waals surface area contributed by atoms with Crippen LogP contribution in [0.25, 0.3) is 0 Å². The quantitative estimate of drug-likeness (QED) is 0.849. The second-order valence-corrected chi connectivity index (χ2v) is 7.05. The Morgan fingerprint density at radius 1 is 1.24 bits per heavy atom. The van der Waals surface area contributed by atoms with Crippen LogP contribution in [0.2, 0.25) is 0 Å². The Hall–Kier alpha value is -2.57. The van der Waals surface area contributed by atoms with Crippen molar-refractivity contribution in [2.75, 3.05) is 31.1 Å². The minimum Gasteiger partial charge on any atom is -0.350 e. The lowest BCUT2D eigenvalue weighted by Crippen LogP contribution is -2.47. The molecule has 1 heterocycles. The summed E-state index contributed by atoms with van der Waals surface area (Å²) < 4.78 is 0. The molecule has 0 bridgehead atoms. The molecule has 1 fully saturated rings. The van der Waals surface area contributed by atoms with E-state index in [4.69, 9.17) is 0 Å². The molecule has 0 saturated carbocycles. The van der Waals surface area contributed by atoms with Crippen LogP contribution in [0.3, 0.4) is 0 Å². The molecule has 1 aromatic rings. The van der Waals surface area contributed by atoms with Gasteiger partial charge in [-0.05, 0) is 52.0 Å². The van der Waals surface area contributed by atoms with Crippen LogP contribution in [0.15, 0.2) is 24.3 Å². The highest BCUT2D eigenvalue weighted by atomic mass is 16.2. The van der Waals surface area contributed by atoms with Gasteiger partial charge in [0.2, 0.25) is 5.91 Å². The lowest BCUT2D eigenvalue weighted by molar-refractivity contribution is -0.123. The van der Waals surface area contributed by atoms with Gasteiger partial charge in [0, 0.05) is 36.4 Å². The summed E-state index contributed by atoms with van der Waals surface area (Å²) in [6, 6.07) is 6.75. The van der Waals surface area contributed by atoms with E-state index in [2.05, 4.69) is 10.6 Å². The molecule has 1 aliphatic heterocycles. The van der Waals surface area contributed by atoms with Crippen LogP contribution in [-0.2, 0) is 4.79 Å². The molecule has 1 aliphatic rings. The van der Waals surface area contributed by atoms with Crippen LogP contribution < -0.4 is 15.5 Å². The van der Waals surface area contributed by atoms with Gasteiger partial charge in [0.1, 0.15) is 0 Å². The highest BCUT2D eigenvalue weighted by molar-refractivity contribution is 5.98. The average Bonchev–Trinajstić information content (AvgIpc) is 2.96. The van der Waals surface area contributed by atoms with Gasteiger partial charge in [0.15, 0.2) is 0 Å². The minimum atomic E-state index is -0.336. The van der Waals surface area contributed by atoms with Gasteiger partial charge in [0.25, 0.3) is 5.91 Å². The third-order valence-electron chi connectivity index (χ3n) is 3.80. The number of benzene rings is 1. The van der Waals surface area contributed by atoms with Gasteiger partial charge in [-0.2, -0.15) is 0 Å². The first kappa shape index (κ1) is 18.8. The van der Waals surface area contributed by atoms with Crippen molar-refractivity contribution in [2.24, 2.45) is 0 Å². The zero-order valence-corrected chi connectivity index (χ0v) is 15.3. The summed E-state index contributed by atoms with van der Waals surface area (Å²) in [6.45, 7) is 9.22. The summed E-state index contributed by atoms with van der Waals surface area (Å²) in [4.78, 5) is 39.5. The predicted octanol–water partition coefficient (Wildman–Crippen LogP) is 1.59. The molecule has 0 unspecified atom stereocenters. The number of nitrogens with one attached hydrogen (secondary N) is 2. The number of likely N-dealkylation sites (N-methyl/N-ethyl adjacent to an activating group) is 1. The maximum atomic E-state index is 12.6. The van der Waals surface area contributed by atoms with E-state index < -0.39 is 0 Å². The van der Waals surface area contributed by atoms with Crippen LogP contribution in [0, 0.1) is 0 Å². The molecule has 1 saturated heterocycles. The standard InChI is InChI=1S/C18H26N4O3/c1-5-21(12-15(23)20-18(2,3)4)16(24)13-6-8-14(9-7-13)22-11-10-19-17(22)25/h6-9H,5,10-12H2,1-4H3,(H,19,25)(H,20,23). The SMILES string of the molecule is CCN(CC(=O)NC(C)(C)C)C(=O)c1ccc(N2CCNC2=O)cc1. The van der Waals surface area contributed by atoms with Crippen molar-refractivity contribution in [1.82, 2.24) is 15.5 Å². The Morgan fingerprint density at radius 2 is 1.88 bits per heavy atom. The summed E-state index contributed by atoms with van der Waals surface area (Å²) in [7, 11) is 0. The molecule has 0 radical (unpaired) electrons. The number of carbonyl (C=O) groups is 3. The van der Waals surface area contributed by atoms with Gasteiger partial charge in [0.05, 0.1) is 6.54 Å². The van der Waals surface area contributed by atoms with Crippen molar-refractivity contribution in [3.8, 4) is 0 Å². The molecule has 0 atom stereocenters. The molecule has 0 aromatic heterocycles. The summed E-state index contributed by atoms with van der Waals surface area (Å²) in [6.07, 6.45) is 0. The minimum absolute atomic E-state index is 0.0168. The van der Waals surface area contributed by atoms with Crippen LogP contribution in [0.5, 0.6) is 0 Å². The lowest BCUT2D eigenvalue weighted by atomic mass is 10.1. The Bertz CT molecular complexity index is 649. The molecule has 1 aromatic carbocycles. The molecule has 0 aliphatic carbocycles. The first-order valence-corrected chi connectivity index (χ1v) is 8.47. The molecule has 7 nitrogen and oxygen atoms in total. The maximum absolute atomic E-state index is 12.6. The van der Waals surface area contributed by atoms with Crippen LogP contribution in [-0.4, -0.2) is 54.5 Å². The van der Waals surface area contributed by atoms with E-state index in [1.54, 1.807) is 29.2 Å². The summed E-state index contributed by atoms with van der Waals surface area (Å²) in [5, 5.41) is 5.60. The fourth-order valence-corrected chi connectivity index (χ4v) is 2.64. The average molecular weight is 346 g/mol. The summed E-state index contributed by atoms with van der Waals surface area (Å²) in [5.74, 6) is -0.392. The molecule has 2 N–H and O–H groups in total. The van der Waals surface area contributed by atoms with E-state index in [1.807, 2.05) is 27.7 Å². The zero-order chi connectivity index (χ0) is 18.6. The number of amides is 4. The Kier molecular flexibility index (Phi) is 5.66.